The Kier molecular flexibility index (Phi) is 11.8. The van der Waals surface area contributed by atoms with E-state index < -0.39 is 0 Å². The van der Waals surface area contributed by atoms with Crippen molar-refractivity contribution >= 4 is 55.7 Å². The lowest BCUT2D eigenvalue weighted by Gasteiger charge is -2.28. The molecule has 0 spiro atoms. The Morgan fingerprint density at radius 3 is 0.792 bits per heavy atom. The molecule has 11 aromatic rings. The fourth-order valence-electron chi connectivity index (χ4n) is 9.84. The normalized spacial score (nSPS) is 10.7. The molecule has 0 saturated carbocycles. The first-order valence-electron chi connectivity index (χ1n) is 23.5. The van der Waals surface area contributed by atoms with Gasteiger partial charge in [0.2, 0.25) is 0 Å². The lowest BCUT2D eigenvalue weighted by molar-refractivity contribution is 1.28. The molecule has 11 aromatic carbocycles. The van der Waals surface area contributed by atoms with E-state index in [2.05, 4.69) is 168 Å². The molecule has 0 bridgehead atoms. The van der Waals surface area contributed by atoms with Crippen LogP contribution in [0.1, 0.15) is 22.3 Å². The fraction of sp³-hybridized carbons (Fsp3) is 0. The molecule has 0 N–H and O–H groups in total. The predicted molar refractivity (Wildman–Crippen MR) is 291 cm³/mol. The van der Waals surface area contributed by atoms with Crippen LogP contribution in [0.2, 0.25) is 0 Å². The number of nitrogens with zero attached hydrogens (tertiary/aromatic N) is 6. The third-order valence-corrected chi connectivity index (χ3v) is 13.2. The van der Waals surface area contributed by atoms with Crippen molar-refractivity contribution in [2.24, 2.45) is 0 Å². The van der Waals surface area contributed by atoms with Crippen LogP contribution in [0.5, 0.6) is 0 Å². The standard InChI is InChI=1S/C66H40N6/c67-41-45-19-27-51(28-20-45)71(52-29-21-46(42-68)22-30-52)55-36-38-62-63(39-55)65(59-17-9-7-15-57(59)49-11-3-1-4-12-49)61-37-35-56(40-64(61)66(62)60-18-10-8-16-58(60)50-13-5-2-6-14-50)72(53-31-23-47(43-69)24-32-53)54-33-25-48(44-70)26-34-54/h1-40H. The molecular formula is C66H40N6. The fourth-order valence-corrected chi connectivity index (χ4v) is 9.84. The second-order valence-corrected chi connectivity index (χ2v) is 17.3. The first-order chi connectivity index (χ1) is 35.5. The Morgan fingerprint density at radius 2 is 0.500 bits per heavy atom. The van der Waals surface area contributed by atoms with Gasteiger partial charge in [0.25, 0.3) is 0 Å². The molecular weight excluding hydrogens is 877 g/mol. The number of hydrogen-bond acceptors (Lipinski definition) is 6. The van der Waals surface area contributed by atoms with Crippen LogP contribution < -0.4 is 9.80 Å². The van der Waals surface area contributed by atoms with Crippen LogP contribution in [0, 0.1) is 45.3 Å². The van der Waals surface area contributed by atoms with Gasteiger partial charge in [-0.1, -0.05) is 121 Å². The summed E-state index contributed by atoms with van der Waals surface area (Å²) < 4.78 is 0. The Balaban J connectivity index is 1.28. The zero-order valence-electron chi connectivity index (χ0n) is 38.8. The first kappa shape index (κ1) is 44.0. The maximum absolute atomic E-state index is 9.80. The van der Waals surface area contributed by atoms with Gasteiger partial charge in [-0.25, -0.2) is 0 Å². The van der Waals surface area contributed by atoms with Gasteiger partial charge >= 0.3 is 0 Å². The predicted octanol–water partition coefficient (Wildman–Crippen LogP) is 17.1. The summed E-state index contributed by atoms with van der Waals surface area (Å²) in [4.78, 5) is 4.35. The molecule has 72 heavy (non-hydrogen) atoms. The van der Waals surface area contributed by atoms with E-state index >= 15 is 0 Å². The molecule has 0 amide bonds. The Morgan fingerprint density at radius 1 is 0.236 bits per heavy atom. The largest absolute Gasteiger partial charge is 0.310 e. The van der Waals surface area contributed by atoms with Gasteiger partial charge in [0, 0.05) is 34.1 Å². The number of anilines is 6. The van der Waals surface area contributed by atoms with Crippen molar-refractivity contribution in [3.8, 4) is 68.8 Å². The van der Waals surface area contributed by atoms with Gasteiger partial charge in [0.15, 0.2) is 0 Å². The smallest absolute Gasteiger partial charge is 0.0991 e. The molecule has 6 heteroatoms. The van der Waals surface area contributed by atoms with E-state index in [-0.39, 0.29) is 0 Å². The van der Waals surface area contributed by atoms with E-state index in [0.29, 0.717) is 22.3 Å². The van der Waals surface area contributed by atoms with Gasteiger partial charge in [0.05, 0.1) is 46.5 Å². The van der Waals surface area contributed by atoms with Crippen LogP contribution in [0.15, 0.2) is 243 Å². The van der Waals surface area contributed by atoms with E-state index in [0.717, 1.165) is 100 Å². The molecule has 0 aromatic heterocycles. The minimum absolute atomic E-state index is 0.557. The molecule has 11 rings (SSSR count). The highest BCUT2D eigenvalue weighted by molar-refractivity contribution is 6.24. The number of rotatable bonds is 10. The van der Waals surface area contributed by atoms with Crippen LogP contribution in [-0.4, -0.2) is 0 Å². The minimum Gasteiger partial charge on any atom is -0.310 e. The van der Waals surface area contributed by atoms with Crippen LogP contribution in [0.4, 0.5) is 34.1 Å². The Bertz CT molecular complexity index is 3610. The van der Waals surface area contributed by atoms with E-state index in [1.807, 2.05) is 109 Å². The molecule has 0 aliphatic heterocycles. The Labute approximate surface area is 418 Å². The Hall–Kier alpha value is -10.5. The maximum atomic E-state index is 9.80. The van der Waals surface area contributed by atoms with Crippen LogP contribution in [0.25, 0.3) is 66.1 Å². The number of benzene rings is 11. The van der Waals surface area contributed by atoms with Crippen molar-refractivity contribution in [2.45, 2.75) is 0 Å². The van der Waals surface area contributed by atoms with Crippen LogP contribution in [-0.2, 0) is 0 Å². The zero-order valence-corrected chi connectivity index (χ0v) is 38.8. The average Bonchev–Trinajstić information content (AvgIpc) is 3.46. The van der Waals surface area contributed by atoms with Crippen molar-refractivity contribution in [1.82, 2.24) is 0 Å². The van der Waals surface area contributed by atoms with Gasteiger partial charge in [-0.2, -0.15) is 21.0 Å². The van der Waals surface area contributed by atoms with Gasteiger partial charge in [-0.3, -0.25) is 0 Å². The highest BCUT2D eigenvalue weighted by atomic mass is 15.1. The summed E-state index contributed by atoms with van der Waals surface area (Å²) in [6.07, 6.45) is 0. The lowest BCUT2D eigenvalue weighted by Crippen LogP contribution is -2.10. The SMILES string of the molecule is N#Cc1ccc(N(c2ccc(C#N)cc2)c2ccc3c(-c4ccccc4-c4ccccc4)c4cc(N(c5ccc(C#N)cc5)c5ccc(C#N)cc5)ccc4c(-c4ccccc4-c4ccccc4)c3c2)cc1. The van der Waals surface area contributed by atoms with Crippen LogP contribution in [0.3, 0.4) is 0 Å². The minimum atomic E-state index is 0.557. The number of hydrogen-bond donors (Lipinski definition) is 0. The summed E-state index contributed by atoms with van der Waals surface area (Å²) in [5.74, 6) is 0. The quantitative estimate of drug-likeness (QED) is 0.127. The van der Waals surface area contributed by atoms with Crippen LogP contribution >= 0.6 is 0 Å². The molecule has 0 aliphatic carbocycles. The monoisotopic (exact) mass is 916 g/mol. The van der Waals surface area contributed by atoms with E-state index in [1.165, 1.54) is 0 Å². The van der Waals surface area contributed by atoms with Crippen molar-refractivity contribution in [2.75, 3.05) is 9.80 Å². The van der Waals surface area contributed by atoms with E-state index in [1.54, 1.807) is 0 Å². The highest BCUT2D eigenvalue weighted by Crippen LogP contribution is 2.51. The third-order valence-electron chi connectivity index (χ3n) is 13.2. The van der Waals surface area contributed by atoms with Gasteiger partial charge in [0.1, 0.15) is 0 Å². The molecule has 0 saturated heterocycles. The molecule has 0 radical (unpaired) electrons. The summed E-state index contributed by atoms with van der Waals surface area (Å²) in [5.41, 5.74) is 16.0. The summed E-state index contributed by atoms with van der Waals surface area (Å²) in [6.45, 7) is 0. The van der Waals surface area contributed by atoms with Crippen molar-refractivity contribution in [3.63, 3.8) is 0 Å². The summed E-state index contributed by atoms with van der Waals surface area (Å²) in [7, 11) is 0. The second kappa shape index (κ2) is 19.2. The zero-order chi connectivity index (χ0) is 49.0. The van der Waals surface area contributed by atoms with Gasteiger partial charge in [-0.05, 0) is 187 Å². The maximum Gasteiger partial charge on any atom is 0.0991 e. The van der Waals surface area contributed by atoms with Gasteiger partial charge in [-0.15, -0.1) is 0 Å². The highest BCUT2D eigenvalue weighted by Gasteiger charge is 2.25. The average molecular weight is 917 g/mol. The molecule has 0 unspecified atom stereocenters. The molecule has 0 fully saturated rings. The molecule has 6 nitrogen and oxygen atoms in total. The number of nitriles is 4. The lowest BCUT2D eigenvalue weighted by atomic mass is 9.82. The summed E-state index contributed by atoms with van der Waals surface area (Å²) in [6, 6.07) is 91.0. The molecule has 334 valence electrons. The van der Waals surface area contributed by atoms with E-state index in [4.69, 9.17) is 0 Å². The van der Waals surface area contributed by atoms with Crippen molar-refractivity contribution in [3.05, 3.63) is 265 Å². The molecule has 0 atom stereocenters. The third kappa shape index (κ3) is 8.21. The first-order valence-corrected chi connectivity index (χ1v) is 23.5. The van der Waals surface area contributed by atoms with E-state index in [9.17, 15) is 21.0 Å². The topological polar surface area (TPSA) is 102 Å². The van der Waals surface area contributed by atoms with Gasteiger partial charge < -0.3 is 9.80 Å². The number of fused-ring (bicyclic) bond motifs is 2. The summed E-state index contributed by atoms with van der Waals surface area (Å²) >= 11 is 0. The second-order valence-electron chi connectivity index (χ2n) is 17.3. The molecule has 0 aliphatic rings. The van der Waals surface area contributed by atoms with Crippen molar-refractivity contribution < 1.29 is 0 Å². The molecule has 0 heterocycles. The summed E-state index contributed by atoms with van der Waals surface area (Å²) in [5, 5.41) is 43.3. The van der Waals surface area contributed by atoms with Crippen molar-refractivity contribution in [1.29, 1.82) is 21.0 Å².